The molecule has 0 aromatic heterocycles. The zero-order valence-electron chi connectivity index (χ0n) is 9.35. The highest BCUT2D eigenvalue weighted by Gasteiger charge is 2.36. The van der Waals surface area contributed by atoms with Crippen LogP contribution in [0.4, 0.5) is 0 Å². The normalized spacial score (nSPS) is 12.0. The first-order chi connectivity index (χ1) is 6.74. The number of unbranched alkanes of at least 4 members (excludes halogenated alkanes) is 3. The summed E-state index contributed by atoms with van der Waals surface area (Å²) in [4.78, 5) is 0. The van der Waals surface area contributed by atoms with Gasteiger partial charge in [0.05, 0.1) is 0 Å². The van der Waals surface area contributed by atoms with Gasteiger partial charge in [-0.15, -0.1) is 11.6 Å². The van der Waals surface area contributed by atoms with E-state index in [0.717, 1.165) is 31.2 Å². The van der Waals surface area contributed by atoms with Gasteiger partial charge in [-0.2, -0.15) is 0 Å². The van der Waals surface area contributed by atoms with Crippen molar-refractivity contribution in [2.75, 3.05) is 27.2 Å². The third-order valence-corrected chi connectivity index (χ3v) is 5.40. The molecule has 86 valence electrons. The quantitative estimate of drug-likeness (QED) is 0.352. The van der Waals surface area contributed by atoms with Crippen LogP contribution in [0.15, 0.2) is 0 Å². The SMILES string of the molecule is CO[Si](CCCCCCCl)(OC)OC. The third-order valence-electron chi connectivity index (χ3n) is 2.30. The van der Waals surface area contributed by atoms with Crippen LogP contribution >= 0.6 is 11.6 Å². The van der Waals surface area contributed by atoms with Gasteiger partial charge in [0.2, 0.25) is 0 Å². The summed E-state index contributed by atoms with van der Waals surface area (Å²) in [6, 6.07) is 0.888. The number of halogens is 1. The van der Waals surface area contributed by atoms with Gasteiger partial charge in [-0.05, 0) is 12.8 Å². The topological polar surface area (TPSA) is 27.7 Å². The molecule has 0 N–H and O–H groups in total. The monoisotopic (exact) mass is 240 g/mol. The van der Waals surface area contributed by atoms with Crippen LogP contribution in [0.5, 0.6) is 0 Å². The predicted molar refractivity (Wildman–Crippen MR) is 60.8 cm³/mol. The molecule has 5 heteroatoms. The first-order valence-electron chi connectivity index (χ1n) is 4.96. The van der Waals surface area contributed by atoms with Crippen molar-refractivity contribution in [2.45, 2.75) is 31.7 Å². The Morgan fingerprint density at radius 3 is 1.79 bits per heavy atom. The van der Waals surface area contributed by atoms with Gasteiger partial charge in [0.15, 0.2) is 0 Å². The molecule has 0 saturated carbocycles. The molecule has 14 heavy (non-hydrogen) atoms. The summed E-state index contributed by atoms with van der Waals surface area (Å²) in [5.41, 5.74) is 0. The molecule has 0 heterocycles. The molecule has 0 aliphatic rings. The predicted octanol–water partition coefficient (Wildman–Crippen LogP) is 2.66. The van der Waals surface area contributed by atoms with Crippen LogP contribution in [0.2, 0.25) is 6.04 Å². The van der Waals surface area contributed by atoms with Gasteiger partial charge in [-0.1, -0.05) is 12.8 Å². The Labute approximate surface area is 93.1 Å². The first kappa shape index (κ1) is 14.4. The van der Waals surface area contributed by atoms with Crippen LogP contribution in [-0.4, -0.2) is 36.0 Å². The Morgan fingerprint density at radius 1 is 0.857 bits per heavy atom. The van der Waals surface area contributed by atoms with E-state index in [4.69, 9.17) is 24.9 Å². The Morgan fingerprint density at radius 2 is 1.36 bits per heavy atom. The van der Waals surface area contributed by atoms with Gasteiger partial charge in [0.25, 0.3) is 0 Å². The Balaban J connectivity index is 3.61. The van der Waals surface area contributed by atoms with E-state index in [1.165, 1.54) is 6.42 Å². The van der Waals surface area contributed by atoms with Gasteiger partial charge in [-0.25, -0.2) is 0 Å². The molecule has 0 saturated heterocycles. The molecule has 0 unspecified atom stereocenters. The first-order valence-corrected chi connectivity index (χ1v) is 7.42. The minimum atomic E-state index is -2.31. The number of alkyl halides is 1. The van der Waals surface area contributed by atoms with Gasteiger partial charge in [0, 0.05) is 33.3 Å². The second-order valence-electron chi connectivity index (χ2n) is 3.15. The van der Waals surface area contributed by atoms with Crippen molar-refractivity contribution < 1.29 is 13.3 Å². The molecule has 0 aliphatic heterocycles. The maximum Gasteiger partial charge on any atom is 0.500 e. The van der Waals surface area contributed by atoms with Crippen molar-refractivity contribution in [3.8, 4) is 0 Å². The van der Waals surface area contributed by atoms with Crippen LogP contribution in [0.1, 0.15) is 25.7 Å². The van der Waals surface area contributed by atoms with E-state index in [-0.39, 0.29) is 0 Å². The molecule has 0 aromatic rings. The van der Waals surface area contributed by atoms with E-state index in [0.29, 0.717) is 0 Å². The smallest absolute Gasteiger partial charge is 0.377 e. The summed E-state index contributed by atoms with van der Waals surface area (Å²) in [6.45, 7) is 0. The number of hydrogen-bond acceptors (Lipinski definition) is 3. The van der Waals surface area contributed by atoms with Crippen molar-refractivity contribution in [3.05, 3.63) is 0 Å². The molecule has 0 radical (unpaired) electrons. The molecule has 0 amide bonds. The molecule has 0 rings (SSSR count). The fraction of sp³-hybridized carbons (Fsp3) is 1.00. The maximum atomic E-state index is 5.59. The van der Waals surface area contributed by atoms with Crippen molar-refractivity contribution in [1.82, 2.24) is 0 Å². The summed E-state index contributed by atoms with van der Waals surface area (Å²) in [7, 11) is 2.64. The lowest BCUT2D eigenvalue weighted by atomic mass is 10.2. The molecule has 0 spiro atoms. The van der Waals surface area contributed by atoms with E-state index in [2.05, 4.69) is 0 Å². The van der Waals surface area contributed by atoms with Crippen LogP contribution < -0.4 is 0 Å². The molecule has 0 aromatic carbocycles. The number of rotatable bonds is 9. The van der Waals surface area contributed by atoms with Crippen molar-refractivity contribution in [3.63, 3.8) is 0 Å². The Hall–Kier alpha value is 0.387. The highest BCUT2D eigenvalue weighted by atomic mass is 35.5. The van der Waals surface area contributed by atoms with Crippen LogP contribution in [0, 0.1) is 0 Å². The third kappa shape index (κ3) is 5.31. The lowest BCUT2D eigenvalue weighted by Gasteiger charge is -2.24. The standard InChI is InChI=1S/C9H21ClO3Si/c1-11-14(12-2,13-3)9-7-5-4-6-8-10/h4-9H2,1-3H3. The van der Waals surface area contributed by atoms with Crippen molar-refractivity contribution in [2.24, 2.45) is 0 Å². The summed E-state index contributed by atoms with van der Waals surface area (Å²) in [5, 5.41) is 0. The van der Waals surface area contributed by atoms with Gasteiger partial charge in [-0.3, -0.25) is 0 Å². The zero-order valence-corrected chi connectivity index (χ0v) is 11.1. The molecule has 0 atom stereocenters. The lowest BCUT2D eigenvalue weighted by molar-refractivity contribution is 0.122. The van der Waals surface area contributed by atoms with E-state index in [1.54, 1.807) is 21.3 Å². The highest BCUT2D eigenvalue weighted by Crippen LogP contribution is 2.17. The number of hydrogen-bond donors (Lipinski definition) is 0. The van der Waals surface area contributed by atoms with Crippen LogP contribution in [0.3, 0.4) is 0 Å². The molecule has 0 bridgehead atoms. The molecule has 0 aliphatic carbocycles. The minimum Gasteiger partial charge on any atom is -0.377 e. The fourth-order valence-electron chi connectivity index (χ4n) is 1.35. The zero-order chi connectivity index (χ0) is 10.9. The summed E-state index contributed by atoms with van der Waals surface area (Å²) in [5.74, 6) is 0.751. The van der Waals surface area contributed by atoms with Gasteiger partial charge < -0.3 is 13.3 Å². The summed E-state index contributed by atoms with van der Waals surface area (Å²) in [6.07, 6.45) is 4.50. The molecular weight excluding hydrogens is 220 g/mol. The second kappa shape index (κ2) is 8.68. The largest absolute Gasteiger partial charge is 0.500 e. The van der Waals surface area contributed by atoms with E-state index >= 15 is 0 Å². The van der Waals surface area contributed by atoms with Gasteiger partial charge >= 0.3 is 8.80 Å². The van der Waals surface area contributed by atoms with Crippen LogP contribution in [-0.2, 0) is 13.3 Å². The van der Waals surface area contributed by atoms with Crippen molar-refractivity contribution in [1.29, 1.82) is 0 Å². The average Bonchev–Trinajstić information content (AvgIpc) is 2.24. The molecule has 3 nitrogen and oxygen atoms in total. The summed E-state index contributed by atoms with van der Waals surface area (Å²) < 4.78 is 15.9. The van der Waals surface area contributed by atoms with Crippen molar-refractivity contribution >= 4 is 20.4 Å². The van der Waals surface area contributed by atoms with Crippen LogP contribution in [0.25, 0.3) is 0 Å². The molecular formula is C9H21ClO3Si. The van der Waals surface area contributed by atoms with E-state index in [1.807, 2.05) is 0 Å². The second-order valence-corrected chi connectivity index (χ2v) is 6.62. The lowest BCUT2D eigenvalue weighted by Crippen LogP contribution is -2.42. The van der Waals surface area contributed by atoms with E-state index in [9.17, 15) is 0 Å². The fourth-order valence-corrected chi connectivity index (χ4v) is 3.33. The summed E-state index contributed by atoms with van der Waals surface area (Å²) >= 11 is 5.59. The Kier molecular flexibility index (Phi) is 8.92. The minimum absolute atomic E-state index is 0.751. The maximum absolute atomic E-state index is 5.59. The average molecular weight is 241 g/mol. The molecule has 0 fully saturated rings. The highest BCUT2D eigenvalue weighted by molar-refractivity contribution is 6.60. The van der Waals surface area contributed by atoms with Gasteiger partial charge in [0.1, 0.15) is 0 Å². The van der Waals surface area contributed by atoms with E-state index < -0.39 is 8.80 Å². The Bertz CT molecular complexity index is 123.